The number of hydrogen-bond donors (Lipinski definition) is 2. The minimum Gasteiger partial charge on any atom is -0.486 e. The van der Waals surface area contributed by atoms with Gasteiger partial charge in [-0.25, -0.2) is 4.79 Å². The number of likely N-dealkylation sites (tertiary alicyclic amines) is 1. The SMILES string of the molecule is CC(C)(C)OC(=O)N1CCC(C2(O)CC(c3ccc4c(c3)OCCO4)ON2)CC1. The Morgan fingerprint density at radius 1 is 1.21 bits per heavy atom. The molecule has 2 unspecified atom stereocenters. The topological polar surface area (TPSA) is 89.5 Å². The van der Waals surface area contributed by atoms with Gasteiger partial charge in [0.25, 0.3) is 0 Å². The van der Waals surface area contributed by atoms with Crippen LogP contribution in [0, 0.1) is 5.92 Å². The van der Waals surface area contributed by atoms with Gasteiger partial charge in [0.05, 0.1) is 0 Å². The quantitative estimate of drug-likeness (QED) is 0.781. The first-order valence-corrected chi connectivity index (χ1v) is 10.3. The van der Waals surface area contributed by atoms with Crippen LogP contribution in [-0.4, -0.2) is 53.7 Å². The third-order valence-electron chi connectivity index (χ3n) is 5.63. The normalized spacial score (nSPS) is 27.7. The second-order valence-corrected chi connectivity index (χ2v) is 8.98. The van der Waals surface area contributed by atoms with Crippen molar-refractivity contribution in [1.82, 2.24) is 10.4 Å². The molecule has 0 aliphatic carbocycles. The van der Waals surface area contributed by atoms with Crippen LogP contribution in [0.3, 0.4) is 0 Å². The van der Waals surface area contributed by atoms with Crippen molar-refractivity contribution in [3.05, 3.63) is 23.8 Å². The Morgan fingerprint density at radius 3 is 2.59 bits per heavy atom. The van der Waals surface area contributed by atoms with Crippen LogP contribution >= 0.6 is 0 Å². The number of hydrogen-bond acceptors (Lipinski definition) is 7. The fourth-order valence-electron chi connectivity index (χ4n) is 4.10. The van der Waals surface area contributed by atoms with E-state index < -0.39 is 11.3 Å². The summed E-state index contributed by atoms with van der Waals surface area (Å²) >= 11 is 0. The molecule has 1 aromatic carbocycles. The van der Waals surface area contributed by atoms with Crippen molar-refractivity contribution in [2.45, 2.75) is 57.5 Å². The molecule has 4 rings (SSSR count). The summed E-state index contributed by atoms with van der Waals surface area (Å²) in [7, 11) is 0. The number of aliphatic hydroxyl groups is 1. The monoisotopic (exact) mass is 406 g/mol. The predicted octanol–water partition coefficient (Wildman–Crippen LogP) is 2.76. The lowest BCUT2D eigenvalue weighted by atomic mass is 9.83. The number of fused-ring (bicyclic) bond motifs is 1. The molecule has 1 aromatic rings. The van der Waals surface area contributed by atoms with Crippen LogP contribution in [-0.2, 0) is 9.57 Å². The Bertz CT molecular complexity index is 756. The van der Waals surface area contributed by atoms with Gasteiger partial charge in [0.15, 0.2) is 11.5 Å². The predicted molar refractivity (Wildman–Crippen MR) is 104 cm³/mol. The summed E-state index contributed by atoms with van der Waals surface area (Å²) in [5.41, 5.74) is 2.16. The summed E-state index contributed by atoms with van der Waals surface area (Å²) < 4.78 is 16.7. The van der Waals surface area contributed by atoms with Gasteiger partial charge in [-0.05, 0) is 51.3 Å². The molecule has 0 bridgehead atoms. The summed E-state index contributed by atoms with van der Waals surface area (Å²) in [6.07, 6.45) is 1.22. The molecule has 1 amide bonds. The van der Waals surface area contributed by atoms with Crippen LogP contribution in [0.4, 0.5) is 4.79 Å². The van der Waals surface area contributed by atoms with Crippen molar-refractivity contribution in [2.75, 3.05) is 26.3 Å². The maximum absolute atomic E-state index is 12.3. The number of hydroxylamine groups is 1. The van der Waals surface area contributed by atoms with Crippen LogP contribution < -0.4 is 15.0 Å². The average Bonchev–Trinajstić information content (AvgIpc) is 3.10. The van der Waals surface area contributed by atoms with Gasteiger partial charge in [0, 0.05) is 25.4 Å². The molecule has 0 saturated carbocycles. The third kappa shape index (κ3) is 4.44. The molecule has 2 saturated heterocycles. The van der Waals surface area contributed by atoms with Crippen molar-refractivity contribution < 1.29 is 28.9 Å². The molecule has 0 aromatic heterocycles. The molecule has 2 atom stereocenters. The highest BCUT2D eigenvalue weighted by Gasteiger charge is 2.46. The maximum Gasteiger partial charge on any atom is 0.410 e. The first kappa shape index (κ1) is 20.3. The summed E-state index contributed by atoms with van der Waals surface area (Å²) in [6.45, 7) is 7.76. The van der Waals surface area contributed by atoms with Crippen LogP contribution in [0.5, 0.6) is 11.5 Å². The number of benzene rings is 1. The summed E-state index contributed by atoms with van der Waals surface area (Å²) in [6, 6.07) is 5.73. The number of rotatable bonds is 2. The van der Waals surface area contributed by atoms with Gasteiger partial charge < -0.3 is 24.2 Å². The number of nitrogens with zero attached hydrogens (tertiary/aromatic N) is 1. The zero-order valence-electron chi connectivity index (χ0n) is 17.3. The van der Waals surface area contributed by atoms with Gasteiger partial charge in [-0.3, -0.25) is 4.84 Å². The second-order valence-electron chi connectivity index (χ2n) is 8.98. The Labute approximate surface area is 171 Å². The Morgan fingerprint density at radius 2 is 1.90 bits per heavy atom. The minimum atomic E-state index is -1.13. The van der Waals surface area contributed by atoms with Crippen molar-refractivity contribution in [3.63, 3.8) is 0 Å². The maximum atomic E-state index is 12.3. The Kier molecular flexibility index (Phi) is 5.35. The lowest BCUT2D eigenvalue weighted by Crippen LogP contribution is -2.52. The molecule has 160 valence electrons. The fraction of sp³-hybridized carbons (Fsp3) is 0.667. The van der Waals surface area contributed by atoms with Gasteiger partial charge in [-0.15, -0.1) is 0 Å². The number of nitrogens with one attached hydrogen (secondary N) is 1. The number of carbonyl (C=O) groups is 1. The molecule has 8 heteroatoms. The van der Waals surface area contributed by atoms with E-state index in [1.165, 1.54) is 0 Å². The molecule has 3 heterocycles. The molecule has 2 fully saturated rings. The largest absolute Gasteiger partial charge is 0.486 e. The molecule has 3 aliphatic heterocycles. The Hall–Kier alpha value is -2.03. The van der Waals surface area contributed by atoms with E-state index in [0.29, 0.717) is 51.3 Å². The number of amides is 1. The summed E-state index contributed by atoms with van der Waals surface area (Å²) in [4.78, 5) is 19.7. The lowest BCUT2D eigenvalue weighted by molar-refractivity contribution is -0.112. The minimum absolute atomic E-state index is 0.0107. The molecule has 0 radical (unpaired) electrons. The highest BCUT2D eigenvalue weighted by atomic mass is 16.7. The lowest BCUT2D eigenvalue weighted by Gasteiger charge is -2.39. The first-order chi connectivity index (χ1) is 13.7. The van der Waals surface area contributed by atoms with E-state index in [9.17, 15) is 9.90 Å². The van der Waals surface area contributed by atoms with E-state index in [-0.39, 0.29) is 18.1 Å². The fourth-order valence-corrected chi connectivity index (χ4v) is 4.10. The van der Waals surface area contributed by atoms with Gasteiger partial charge in [0.1, 0.15) is 30.6 Å². The third-order valence-corrected chi connectivity index (χ3v) is 5.63. The highest BCUT2D eigenvalue weighted by Crippen LogP contribution is 2.42. The number of ether oxygens (including phenoxy) is 3. The molecule has 29 heavy (non-hydrogen) atoms. The summed E-state index contributed by atoms with van der Waals surface area (Å²) in [5.74, 6) is 1.43. The van der Waals surface area contributed by atoms with E-state index in [4.69, 9.17) is 19.0 Å². The first-order valence-electron chi connectivity index (χ1n) is 10.3. The molecule has 8 nitrogen and oxygen atoms in total. The zero-order valence-corrected chi connectivity index (χ0v) is 17.3. The number of carbonyl (C=O) groups excluding carboxylic acids is 1. The second kappa shape index (κ2) is 7.66. The van der Waals surface area contributed by atoms with Gasteiger partial charge >= 0.3 is 6.09 Å². The van der Waals surface area contributed by atoms with E-state index in [0.717, 1.165) is 11.3 Å². The highest BCUT2D eigenvalue weighted by molar-refractivity contribution is 5.68. The van der Waals surface area contributed by atoms with Crippen LogP contribution in [0.15, 0.2) is 18.2 Å². The van der Waals surface area contributed by atoms with Crippen LogP contribution in [0.1, 0.15) is 51.7 Å². The molecule has 0 spiro atoms. The molecule has 3 aliphatic rings. The van der Waals surface area contributed by atoms with E-state index in [1.807, 2.05) is 39.0 Å². The van der Waals surface area contributed by atoms with Crippen LogP contribution in [0.25, 0.3) is 0 Å². The van der Waals surface area contributed by atoms with Crippen LogP contribution in [0.2, 0.25) is 0 Å². The van der Waals surface area contributed by atoms with Crippen molar-refractivity contribution in [1.29, 1.82) is 0 Å². The Balaban J connectivity index is 1.35. The summed E-state index contributed by atoms with van der Waals surface area (Å²) in [5, 5.41) is 11.2. The van der Waals surface area contributed by atoms with E-state index in [2.05, 4.69) is 5.48 Å². The van der Waals surface area contributed by atoms with Gasteiger partial charge in [0.2, 0.25) is 0 Å². The molecular weight excluding hydrogens is 376 g/mol. The van der Waals surface area contributed by atoms with Crippen molar-refractivity contribution >= 4 is 6.09 Å². The zero-order chi connectivity index (χ0) is 20.6. The van der Waals surface area contributed by atoms with E-state index >= 15 is 0 Å². The molecular formula is C21H30N2O6. The van der Waals surface area contributed by atoms with Gasteiger partial charge in [-0.1, -0.05) is 6.07 Å². The smallest absolute Gasteiger partial charge is 0.410 e. The number of piperidine rings is 1. The van der Waals surface area contributed by atoms with Gasteiger partial charge in [-0.2, -0.15) is 5.48 Å². The average molecular weight is 406 g/mol. The van der Waals surface area contributed by atoms with Crippen molar-refractivity contribution in [3.8, 4) is 11.5 Å². The standard InChI is InChI=1S/C21H30N2O6/c1-20(2,3)28-19(24)23-8-6-15(7-9-23)21(25)13-18(29-22-21)14-4-5-16-17(12-14)27-11-10-26-16/h4-5,12,15,18,22,25H,6-11,13H2,1-3H3. The van der Waals surface area contributed by atoms with Crippen molar-refractivity contribution in [2.24, 2.45) is 5.92 Å². The van der Waals surface area contributed by atoms with E-state index in [1.54, 1.807) is 4.90 Å². The molecule has 2 N–H and O–H groups in total.